The molecular weight excluding hydrogens is 232 g/mol. The highest BCUT2D eigenvalue weighted by Gasteiger charge is 2.20. The SMILES string of the molecule is CCOC(=O)c1cnn(C)c1-c1ccccc1O. The van der Waals surface area contributed by atoms with Crippen molar-refractivity contribution in [2.24, 2.45) is 7.05 Å². The molecule has 0 unspecified atom stereocenters. The van der Waals surface area contributed by atoms with Crippen LogP contribution in [0.1, 0.15) is 17.3 Å². The highest BCUT2D eigenvalue weighted by Crippen LogP contribution is 2.31. The number of nitrogens with zero attached hydrogens (tertiary/aromatic N) is 2. The van der Waals surface area contributed by atoms with Crippen LogP contribution in [-0.4, -0.2) is 27.5 Å². The summed E-state index contributed by atoms with van der Waals surface area (Å²) in [5.74, 6) is -0.337. The lowest BCUT2D eigenvalue weighted by atomic mass is 10.1. The third-order valence-corrected chi connectivity index (χ3v) is 2.59. The second-order valence-electron chi connectivity index (χ2n) is 3.77. The van der Waals surface area contributed by atoms with Gasteiger partial charge in [0.05, 0.1) is 18.5 Å². The van der Waals surface area contributed by atoms with Crippen LogP contribution in [0.3, 0.4) is 0 Å². The zero-order valence-electron chi connectivity index (χ0n) is 10.3. The molecule has 0 fully saturated rings. The van der Waals surface area contributed by atoms with Gasteiger partial charge in [-0.15, -0.1) is 0 Å². The third kappa shape index (κ3) is 2.07. The van der Waals surface area contributed by atoms with Crippen molar-refractivity contribution in [1.29, 1.82) is 0 Å². The van der Waals surface area contributed by atoms with E-state index >= 15 is 0 Å². The summed E-state index contributed by atoms with van der Waals surface area (Å²) in [5, 5.41) is 13.9. The Morgan fingerprint density at radius 2 is 2.17 bits per heavy atom. The van der Waals surface area contributed by atoms with Gasteiger partial charge in [-0.2, -0.15) is 5.10 Å². The molecule has 1 aromatic heterocycles. The van der Waals surface area contributed by atoms with Gasteiger partial charge in [0.15, 0.2) is 0 Å². The largest absolute Gasteiger partial charge is 0.507 e. The lowest BCUT2D eigenvalue weighted by Crippen LogP contribution is -2.06. The van der Waals surface area contributed by atoms with E-state index in [1.165, 1.54) is 6.20 Å². The van der Waals surface area contributed by atoms with Gasteiger partial charge in [-0.3, -0.25) is 4.68 Å². The smallest absolute Gasteiger partial charge is 0.341 e. The molecule has 0 aliphatic carbocycles. The molecule has 0 bridgehead atoms. The van der Waals surface area contributed by atoms with E-state index < -0.39 is 5.97 Å². The predicted octanol–water partition coefficient (Wildman–Crippen LogP) is 1.97. The van der Waals surface area contributed by atoms with Crippen LogP contribution < -0.4 is 0 Å². The number of hydrogen-bond donors (Lipinski definition) is 1. The van der Waals surface area contributed by atoms with Crippen LogP contribution >= 0.6 is 0 Å². The number of phenolic OH excluding ortho intramolecular Hbond substituents is 1. The van der Waals surface area contributed by atoms with E-state index in [1.807, 2.05) is 0 Å². The summed E-state index contributed by atoms with van der Waals surface area (Å²) in [7, 11) is 1.71. The number of phenols is 1. The number of carbonyl (C=O) groups excluding carboxylic acids is 1. The minimum Gasteiger partial charge on any atom is -0.507 e. The summed E-state index contributed by atoms with van der Waals surface area (Å²) in [4.78, 5) is 11.8. The Kier molecular flexibility index (Phi) is 3.32. The molecule has 1 heterocycles. The molecule has 0 atom stereocenters. The monoisotopic (exact) mass is 246 g/mol. The maximum Gasteiger partial charge on any atom is 0.341 e. The van der Waals surface area contributed by atoms with Crippen molar-refractivity contribution in [3.05, 3.63) is 36.0 Å². The number of carbonyl (C=O) groups is 1. The highest BCUT2D eigenvalue weighted by molar-refractivity contribution is 5.96. The van der Waals surface area contributed by atoms with Crippen molar-refractivity contribution in [3.8, 4) is 17.0 Å². The van der Waals surface area contributed by atoms with Gasteiger partial charge in [-0.1, -0.05) is 12.1 Å². The summed E-state index contributed by atoms with van der Waals surface area (Å²) < 4.78 is 6.51. The molecule has 0 spiro atoms. The first-order valence-electron chi connectivity index (χ1n) is 5.62. The first kappa shape index (κ1) is 12.2. The molecule has 0 radical (unpaired) electrons. The van der Waals surface area contributed by atoms with Gasteiger partial charge in [0, 0.05) is 12.6 Å². The van der Waals surface area contributed by atoms with Crippen LogP contribution in [-0.2, 0) is 11.8 Å². The standard InChI is InChI=1S/C13H14N2O3/c1-3-18-13(17)10-8-14-15(2)12(10)9-6-4-5-7-11(9)16/h4-8,16H,3H2,1-2H3. The molecule has 1 aromatic carbocycles. The van der Waals surface area contributed by atoms with E-state index in [9.17, 15) is 9.90 Å². The lowest BCUT2D eigenvalue weighted by Gasteiger charge is -2.07. The minimum absolute atomic E-state index is 0.103. The molecule has 94 valence electrons. The van der Waals surface area contributed by atoms with E-state index in [-0.39, 0.29) is 5.75 Å². The van der Waals surface area contributed by atoms with Crippen LogP contribution in [0.25, 0.3) is 11.3 Å². The van der Waals surface area contributed by atoms with E-state index in [0.717, 1.165) is 0 Å². The fourth-order valence-corrected chi connectivity index (χ4v) is 1.79. The quantitative estimate of drug-likeness (QED) is 0.841. The summed E-state index contributed by atoms with van der Waals surface area (Å²) in [6.45, 7) is 2.04. The number of esters is 1. The molecule has 0 aliphatic heterocycles. The Hall–Kier alpha value is -2.30. The Morgan fingerprint density at radius 1 is 1.44 bits per heavy atom. The number of aromatic nitrogens is 2. The number of para-hydroxylation sites is 1. The number of ether oxygens (including phenoxy) is 1. The molecule has 2 aromatic rings. The lowest BCUT2D eigenvalue weighted by molar-refractivity contribution is 0.0527. The Balaban J connectivity index is 2.54. The van der Waals surface area contributed by atoms with Crippen molar-refractivity contribution in [2.45, 2.75) is 6.92 Å². The van der Waals surface area contributed by atoms with Crippen molar-refractivity contribution in [2.75, 3.05) is 6.61 Å². The number of hydrogen-bond acceptors (Lipinski definition) is 4. The Morgan fingerprint density at radius 3 is 2.83 bits per heavy atom. The van der Waals surface area contributed by atoms with Crippen molar-refractivity contribution in [1.82, 2.24) is 9.78 Å². The molecule has 0 aliphatic rings. The second-order valence-corrected chi connectivity index (χ2v) is 3.77. The van der Waals surface area contributed by atoms with Gasteiger partial charge < -0.3 is 9.84 Å². The topological polar surface area (TPSA) is 64.3 Å². The molecule has 5 nitrogen and oxygen atoms in total. The Bertz CT molecular complexity index is 575. The van der Waals surface area contributed by atoms with Gasteiger partial charge in [0.2, 0.25) is 0 Å². The normalized spacial score (nSPS) is 10.3. The van der Waals surface area contributed by atoms with Crippen LogP contribution in [0.4, 0.5) is 0 Å². The molecule has 1 N–H and O–H groups in total. The number of rotatable bonds is 3. The second kappa shape index (κ2) is 4.91. The van der Waals surface area contributed by atoms with Crippen LogP contribution in [0.15, 0.2) is 30.5 Å². The first-order chi connectivity index (χ1) is 8.65. The zero-order valence-corrected chi connectivity index (χ0v) is 10.3. The molecule has 0 amide bonds. The maximum absolute atomic E-state index is 11.8. The van der Waals surface area contributed by atoms with E-state index in [2.05, 4.69) is 5.10 Å². The minimum atomic E-state index is -0.441. The van der Waals surface area contributed by atoms with Crippen LogP contribution in [0, 0.1) is 0 Å². The fraction of sp³-hybridized carbons (Fsp3) is 0.231. The van der Waals surface area contributed by atoms with Gasteiger partial charge >= 0.3 is 5.97 Å². The molecule has 0 saturated carbocycles. The Labute approximate surface area is 105 Å². The summed E-state index contributed by atoms with van der Waals surface area (Å²) >= 11 is 0. The van der Waals surface area contributed by atoms with E-state index in [0.29, 0.717) is 23.4 Å². The molecular formula is C13H14N2O3. The number of aromatic hydroxyl groups is 1. The average Bonchev–Trinajstić information content (AvgIpc) is 2.72. The summed E-state index contributed by atoms with van der Waals surface area (Å²) in [6, 6.07) is 6.81. The van der Waals surface area contributed by atoms with E-state index in [4.69, 9.17) is 4.74 Å². The molecule has 18 heavy (non-hydrogen) atoms. The zero-order chi connectivity index (χ0) is 13.1. The van der Waals surface area contributed by atoms with Gasteiger partial charge in [-0.05, 0) is 19.1 Å². The van der Waals surface area contributed by atoms with E-state index in [1.54, 1.807) is 42.9 Å². The van der Waals surface area contributed by atoms with Crippen molar-refractivity contribution < 1.29 is 14.6 Å². The van der Waals surface area contributed by atoms with Crippen LogP contribution in [0.2, 0.25) is 0 Å². The van der Waals surface area contributed by atoms with Gasteiger partial charge in [-0.25, -0.2) is 4.79 Å². The van der Waals surface area contributed by atoms with Crippen LogP contribution in [0.5, 0.6) is 5.75 Å². The first-order valence-corrected chi connectivity index (χ1v) is 5.62. The fourth-order valence-electron chi connectivity index (χ4n) is 1.79. The van der Waals surface area contributed by atoms with Gasteiger partial charge in [0.25, 0.3) is 0 Å². The molecule has 2 rings (SSSR count). The summed E-state index contributed by atoms with van der Waals surface area (Å²) in [5.41, 5.74) is 1.45. The third-order valence-electron chi connectivity index (χ3n) is 2.59. The summed E-state index contributed by atoms with van der Waals surface area (Å²) in [6.07, 6.45) is 1.44. The average molecular weight is 246 g/mol. The highest BCUT2D eigenvalue weighted by atomic mass is 16.5. The predicted molar refractivity (Wildman–Crippen MR) is 66.3 cm³/mol. The van der Waals surface area contributed by atoms with Crippen molar-refractivity contribution >= 4 is 5.97 Å². The molecule has 0 saturated heterocycles. The maximum atomic E-state index is 11.8. The van der Waals surface area contributed by atoms with Gasteiger partial charge in [0.1, 0.15) is 11.3 Å². The number of aryl methyl sites for hydroxylation is 1. The number of benzene rings is 1. The van der Waals surface area contributed by atoms with Crippen molar-refractivity contribution in [3.63, 3.8) is 0 Å². The molecule has 5 heteroatoms.